The normalized spacial score (nSPS) is 29.0. The van der Waals surface area contributed by atoms with Crippen LogP contribution in [0.2, 0.25) is 5.02 Å². The van der Waals surface area contributed by atoms with E-state index in [2.05, 4.69) is 25.4 Å². The van der Waals surface area contributed by atoms with Crippen molar-refractivity contribution in [3.63, 3.8) is 0 Å². The third kappa shape index (κ3) is 5.31. The Morgan fingerprint density at radius 1 is 1.25 bits per heavy atom. The van der Waals surface area contributed by atoms with Gasteiger partial charge >= 0.3 is 6.01 Å². The van der Waals surface area contributed by atoms with Crippen molar-refractivity contribution in [3.05, 3.63) is 34.4 Å². The van der Waals surface area contributed by atoms with E-state index in [1.807, 2.05) is 6.07 Å². The van der Waals surface area contributed by atoms with Gasteiger partial charge in [0.05, 0.1) is 32.8 Å². The first-order valence-corrected chi connectivity index (χ1v) is 19.4. The lowest BCUT2D eigenvalue weighted by molar-refractivity contribution is -0.121. The second kappa shape index (κ2) is 12.2. The Bertz CT molecular complexity index is 2270. The average molecular weight is 765 g/mol. The number of amides is 1. The van der Waals surface area contributed by atoms with E-state index < -0.39 is 23.3 Å². The Balaban J connectivity index is 1.10. The van der Waals surface area contributed by atoms with Gasteiger partial charge in [0.25, 0.3) is 0 Å². The molecule has 11 nitrogen and oxygen atoms in total. The van der Waals surface area contributed by atoms with Crippen molar-refractivity contribution in [1.82, 2.24) is 25.5 Å². The van der Waals surface area contributed by atoms with Crippen LogP contribution in [0.4, 0.5) is 24.0 Å². The van der Waals surface area contributed by atoms with E-state index in [0.717, 1.165) is 43.6 Å². The molecule has 6 aliphatic rings. The summed E-state index contributed by atoms with van der Waals surface area (Å²) in [6, 6.07) is 4.28. The highest BCUT2D eigenvalue weighted by Gasteiger charge is 2.52. The lowest BCUT2D eigenvalue weighted by Gasteiger charge is -2.32. The number of aromatic nitrogens is 2. The van der Waals surface area contributed by atoms with Gasteiger partial charge in [-0.3, -0.25) is 15.0 Å². The van der Waals surface area contributed by atoms with Crippen molar-refractivity contribution in [3.8, 4) is 29.0 Å². The lowest BCUT2D eigenvalue weighted by atomic mass is 9.95. The molecule has 1 aliphatic carbocycles. The van der Waals surface area contributed by atoms with Crippen molar-refractivity contribution < 1.29 is 27.4 Å². The number of carbonyl (C=O) groups excluding carboxylic acids is 1. The van der Waals surface area contributed by atoms with Gasteiger partial charge in [-0.2, -0.15) is 15.2 Å². The van der Waals surface area contributed by atoms with Crippen molar-refractivity contribution in [2.45, 2.75) is 80.8 Å². The molecule has 276 valence electrons. The third-order valence-corrected chi connectivity index (χ3v) is 13.5. The van der Waals surface area contributed by atoms with Gasteiger partial charge < -0.3 is 25.4 Å². The Hall–Kier alpha value is -4.10. The maximum Gasteiger partial charge on any atom is 0.319 e. The summed E-state index contributed by atoms with van der Waals surface area (Å²) in [6.07, 6.45) is 4.52. The largest absolute Gasteiger partial charge is 0.491 e. The fraction of sp³-hybridized carbons (Fsp3) is 0.514. The number of rotatable bonds is 7. The van der Waals surface area contributed by atoms with Crippen LogP contribution in [-0.4, -0.2) is 89.5 Å². The number of nitrogens with one attached hydrogen (secondary N) is 2. The summed E-state index contributed by atoms with van der Waals surface area (Å²) in [5.41, 5.74) is 5.57. The van der Waals surface area contributed by atoms with Crippen molar-refractivity contribution in [2.24, 2.45) is 5.92 Å². The maximum absolute atomic E-state index is 17.4. The standard InChI is InChI=1S/C37H36ClF3N8O3S/c38-26-24(20-4-5-22(40)32-23(20)21(12-42)33(43)53-32)27(41)29-25-31(26)51-9-6-19-10-18(44-35(50)30-28(45-30)16-2-3-16)14-49(19)34(25)47-36(46-29)52-15-37-7-1-8-48(37)13-17(39)11-37/h4-5,16-19,28,30,45H,1-3,6-11,13-15,43H2,(H,44,50)/t17-,18?,19?,28+,30-,37+/m1/s1. The highest BCUT2D eigenvalue weighted by Crippen LogP contribution is 2.51. The SMILES string of the molecule is N#Cc1c(N)sc2c(F)ccc(-c3c(Cl)c4c5c(nc(OC[C@@]67CCCN6C[C@H](F)C7)nc5c3F)N3CC(NC(=O)[C@@H]5N[C@H]5C5CC5)CC3CCO4)c12. The Kier molecular flexibility index (Phi) is 7.71. The minimum atomic E-state index is -0.966. The van der Waals surface area contributed by atoms with E-state index in [9.17, 15) is 14.4 Å². The van der Waals surface area contributed by atoms with Gasteiger partial charge in [0.1, 0.15) is 47.0 Å². The van der Waals surface area contributed by atoms with Gasteiger partial charge in [-0.25, -0.2) is 13.2 Å². The minimum absolute atomic E-state index is 0.0193. The number of carbonyl (C=O) groups is 1. The van der Waals surface area contributed by atoms with E-state index in [1.165, 1.54) is 12.1 Å². The van der Waals surface area contributed by atoms with Crippen molar-refractivity contribution in [2.75, 3.05) is 43.5 Å². The van der Waals surface area contributed by atoms with Crippen LogP contribution in [0, 0.1) is 28.9 Å². The summed E-state index contributed by atoms with van der Waals surface area (Å²) in [5, 5.41) is 17.0. The number of anilines is 2. The second-order valence-corrected chi connectivity index (χ2v) is 16.8. The molecule has 16 heteroatoms. The zero-order valence-electron chi connectivity index (χ0n) is 28.6. The van der Waals surface area contributed by atoms with Crippen LogP contribution in [0.3, 0.4) is 0 Å². The molecule has 7 heterocycles. The number of ether oxygens (including phenoxy) is 2. The van der Waals surface area contributed by atoms with Crippen molar-refractivity contribution in [1.29, 1.82) is 5.26 Å². The zero-order chi connectivity index (χ0) is 36.3. The smallest absolute Gasteiger partial charge is 0.319 e. The van der Waals surface area contributed by atoms with Crippen LogP contribution in [0.25, 0.3) is 32.1 Å². The molecule has 6 atom stereocenters. The number of thiophene rings is 1. The average Bonchev–Trinajstić information content (AvgIpc) is 3.99. The van der Waals surface area contributed by atoms with Gasteiger partial charge in [0.15, 0.2) is 11.6 Å². The van der Waals surface area contributed by atoms with Gasteiger partial charge in [-0.1, -0.05) is 17.7 Å². The number of nitrogens with two attached hydrogens (primary N) is 1. The number of alkyl halides is 1. The Morgan fingerprint density at radius 3 is 2.91 bits per heavy atom. The van der Waals surface area contributed by atoms with Crippen LogP contribution >= 0.6 is 22.9 Å². The molecule has 4 aromatic rings. The number of fused-ring (bicyclic) bond motifs is 4. The van der Waals surface area contributed by atoms with Gasteiger partial charge in [0, 0.05) is 55.0 Å². The van der Waals surface area contributed by atoms with E-state index in [1.54, 1.807) is 0 Å². The van der Waals surface area contributed by atoms with E-state index in [-0.39, 0.29) is 103 Å². The van der Waals surface area contributed by atoms with E-state index in [4.69, 9.17) is 31.8 Å². The van der Waals surface area contributed by atoms with Gasteiger partial charge in [-0.05, 0) is 56.2 Å². The van der Waals surface area contributed by atoms with E-state index >= 15 is 8.78 Å². The predicted octanol–water partition coefficient (Wildman–Crippen LogP) is 5.45. The number of nitrogen functional groups attached to an aromatic ring is 1. The molecular weight excluding hydrogens is 729 g/mol. The van der Waals surface area contributed by atoms with Crippen molar-refractivity contribution >= 4 is 60.7 Å². The molecule has 4 saturated heterocycles. The molecule has 5 fully saturated rings. The van der Waals surface area contributed by atoms with Crippen LogP contribution in [0.15, 0.2) is 12.1 Å². The first-order chi connectivity index (χ1) is 25.6. The predicted molar refractivity (Wildman–Crippen MR) is 194 cm³/mol. The molecule has 1 saturated carbocycles. The number of hydrogen-bond donors (Lipinski definition) is 3. The quantitative estimate of drug-likeness (QED) is 0.207. The number of hydrogen-bond acceptors (Lipinski definition) is 11. The summed E-state index contributed by atoms with van der Waals surface area (Å²) < 4.78 is 59.9. The lowest BCUT2D eigenvalue weighted by Crippen LogP contribution is -2.43. The number of nitrogens with zero attached hydrogens (tertiary/aromatic N) is 5. The highest BCUT2D eigenvalue weighted by atomic mass is 35.5. The number of nitriles is 1. The van der Waals surface area contributed by atoms with Gasteiger partial charge in [0.2, 0.25) is 5.91 Å². The zero-order valence-corrected chi connectivity index (χ0v) is 30.1. The van der Waals surface area contributed by atoms with Crippen LogP contribution in [0.1, 0.15) is 50.5 Å². The summed E-state index contributed by atoms with van der Waals surface area (Å²) in [6.45, 7) is 1.87. The maximum atomic E-state index is 17.4. The first kappa shape index (κ1) is 33.5. The monoisotopic (exact) mass is 764 g/mol. The Morgan fingerprint density at radius 2 is 2.09 bits per heavy atom. The van der Waals surface area contributed by atoms with Crippen LogP contribution in [0.5, 0.6) is 11.8 Å². The molecule has 0 spiro atoms. The third-order valence-electron chi connectivity index (χ3n) is 12.1. The Labute approximate surface area is 311 Å². The summed E-state index contributed by atoms with van der Waals surface area (Å²) >= 11 is 8.01. The molecule has 53 heavy (non-hydrogen) atoms. The topological polar surface area (TPSA) is 152 Å². The molecule has 10 rings (SSSR count). The molecule has 2 aromatic heterocycles. The molecule has 4 N–H and O–H groups in total. The first-order valence-electron chi connectivity index (χ1n) is 18.3. The molecule has 5 aliphatic heterocycles. The fourth-order valence-electron chi connectivity index (χ4n) is 9.43. The van der Waals surface area contributed by atoms with Crippen LogP contribution in [-0.2, 0) is 4.79 Å². The minimum Gasteiger partial charge on any atom is -0.491 e. The molecular formula is C37H36ClF3N8O3S. The van der Waals surface area contributed by atoms with Crippen LogP contribution < -0.4 is 30.7 Å². The molecule has 0 bridgehead atoms. The fourth-order valence-corrected chi connectivity index (χ4v) is 10.7. The number of halogens is 4. The van der Waals surface area contributed by atoms with E-state index in [0.29, 0.717) is 44.1 Å². The molecule has 2 aromatic carbocycles. The number of benzene rings is 2. The summed E-state index contributed by atoms with van der Waals surface area (Å²) in [4.78, 5) is 26.9. The summed E-state index contributed by atoms with van der Waals surface area (Å²) in [7, 11) is 0. The van der Waals surface area contributed by atoms with Gasteiger partial charge in [-0.15, -0.1) is 11.3 Å². The molecule has 1 amide bonds. The molecule has 2 unspecified atom stereocenters. The highest BCUT2D eigenvalue weighted by molar-refractivity contribution is 7.23. The second-order valence-electron chi connectivity index (χ2n) is 15.4. The summed E-state index contributed by atoms with van der Waals surface area (Å²) in [5.74, 6) is -0.374. The molecule has 0 radical (unpaired) electrons.